The van der Waals surface area contributed by atoms with Gasteiger partial charge >= 0.3 is 0 Å². The van der Waals surface area contributed by atoms with Gasteiger partial charge in [0, 0.05) is 24.5 Å². The van der Waals surface area contributed by atoms with Gasteiger partial charge < -0.3 is 10.1 Å². The second kappa shape index (κ2) is 6.50. The van der Waals surface area contributed by atoms with E-state index in [0.717, 1.165) is 17.8 Å². The van der Waals surface area contributed by atoms with Crippen molar-refractivity contribution in [2.45, 2.75) is 20.4 Å². The number of rotatable bonds is 5. The minimum atomic E-state index is 0.517. The van der Waals surface area contributed by atoms with Crippen molar-refractivity contribution in [3.63, 3.8) is 0 Å². The van der Waals surface area contributed by atoms with E-state index in [2.05, 4.69) is 15.3 Å². The largest absolute Gasteiger partial charge is 0.437 e. The Kier molecular flexibility index (Phi) is 4.71. The lowest BCUT2D eigenvalue weighted by Crippen LogP contribution is -2.12. The van der Waals surface area contributed by atoms with Crippen molar-refractivity contribution < 1.29 is 4.74 Å². The molecule has 2 heterocycles. The van der Waals surface area contributed by atoms with Crippen LogP contribution in [0.3, 0.4) is 0 Å². The standard InChI is InChI=1S/C14H16ClN3O/c1-3-16-7-11-6-14(18-9-13(11)15)19-12-5-4-10(2)17-8-12/h4-6,8-9,16H,3,7H2,1-2H3. The zero-order valence-corrected chi connectivity index (χ0v) is 11.7. The van der Waals surface area contributed by atoms with Gasteiger partial charge in [-0.05, 0) is 31.2 Å². The number of pyridine rings is 2. The number of hydrogen-bond donors (Lipinski definition) is 1. The summed E-state index contributed by atoms with van der Waals surface area (Å²) in [7, 11) is 0. The van der Waals surface area contributed by atoms with Gasteiger partial charge in [0.2, 0.25) is 5.88 Å². The van der Waals surface area contributed by atoms with Gasteiger partial charge in [0.05, 0.1) is 11.2 Å². The molecule has 0 saturated heterocycles. The number of aromatic nitrogens is 2. The Balaban J connectivity index is 2.14. The van der Waals surface area contributed by atoms with Gasteiger partial charge in [-0.3, -0.25) is 4.98 Å². The summed E-state index contributed by atoms with van der Waals surface area (Å²) in [6.07, 6.45) is 3.28. The maximum atomic E-state index is 6.09. The first-order chi connectivity index (χ1) is 9.19. The Bertz CT molecular complexity index is 543. The Morgan fingerprint density at radius 2 is 2.11 bits per heavy atom. The highest BCUT2D eigenvalue weighted by atomic mass is 35.5. The summed E-state index contributed by atoms with van der Waals surface area (Å²) in [5.41, 5.74) is 1.91. The van der Waals surface area contributed by atoms with Crippen LogP contribution in [0.1, 0.15) is 18.2 Å². The van der Waals surface area contributed by atoms with Crippen LogP contribution in [-0.2, 0) is 6.54 Å². The first-order valence-corrected chi connectivity index (χ1v) is 6.52. The second-order valence-electron chi connectivity index (χ2n) is 4.13. The zero-order valence-electron chi connectivity index (χ0n) is 11.0. The maximum Gasteiger partial charge on any atom is 0.219 e. The number of hydrogen-bond acceptors (Lipinski definition) is 4. The molecule has 0 aliphatic carbocycles. The molecule has 0 aliphatic rings. The molecule has 0 saturated carbocycles. The molecule has 0 unspecified atom stereocenters. The van der Waals surface area contributed by atoms with Crippen LogP contribution in [0.5, 0.6) is 11.6 Å². The number of nitrogens with zero attached hydrogens (tertiary/aromatic N) is 2. The van der Waals surface area contributed by atoms with E-state index in [4.69, 9.17) is 16.3 Å². The van der Waals surface area contributed by atoms with Gasteiger partial charge in [-0.25, -0.2) is 4.98 Å². The van der Waals surface area contributed by atoms with Gasteiger partial charge in [-0.15, -0.1) is 0 Å². The monoisotopic (exact) mass is 277 g/mol. The zero-order chi connectivity index (χ0) is 13.7. The third-order valence-electron chi connectivity index (χ3n) is 2.58. The van der Waals surface area contributed by atoms with E-state index in [1.165, 1.54) is 0 Å². The molecule has 5 heteroatoms. The molecule has 0 bridgehead atoms. The summed E-state index contributed by atoms with van der Waals surface area (Å²) in [6.45, 7) is 5.56. The molecule has 0 aliphatic heterocycles. The molecule has 0 aromatic carbocycles. The Hall–Kier alpha value is -1.65. The van der Waals surface area contributed by atoms with Crippen molar-refractivity contribution in [1.82, 2.24) is 15.3 Å². The predicted octanol–water partition coefficient (Wildman–Crippen LogP) is 3.34. The van der Waals surface area contributed by atoms with Crippen molar-refractivity contribution in [3.8, 4) is 11.6 Å². The van der Waals surface area contributed by atoms with E-state index in [-0.39, 0.29) is 0 Å². The summed E-state index contributed by atoms with van der Waals surface area (Å²) in [4.78, 5) is 8.33. The average molecular weight is 278 g/mol. The Morgan fingerprint density at radius 1 is 1.26 bits per heavy atom. The third-order valence-corrected chi connectivity index (χ3v) is 2.92. The summed E-state index contributed by atoms with van der Waals surface area (Å²) in [5, 5.41) is 3.86. The summed E-state index contributed by atoms with van der Waals surface area (Å²) < 4.78 is 5.65. The van der Waals surface area contributed by atoms with Crippen molar-refractivity contribution >= 4 is 11.6 Å². The molecule has 19 heavy (non-hydrogen) atoms. The van der Waals surface area contributed by atoms with E-state index in [9.17, 15) is 0 Å². The molecule has 1 N–H and O–H groups in total. The number of nitrogens with one attached hydrogen (secondary N) is 1. The fraction of sp³-hybridized carbons (Fsp3) is 0.286. The van der Waals surface area contributed by atoms with E-state index in [0.29, 0.717) is 23.2 Å². The van der Waals surface area contributed by atoms with Gasteiger partial charge in [-0.2, -0.15) is 0 Å². The number of aryl methyl sites for hydroxylation is 1. The van der Waals surface area contributed by atoms with Crippen molar-refractivity contribution in [2.24, 2.45) is 0 Å². The molecule has 0 radical (unpaired) electrons. The molecule has 2 aromatic rings. The van der Waals surface area contributed by atoms with Crippen LogP contribution in [-0.4, -0.2) is 16.5 Å². The van der Waals surface area contributed by atoms with Gasteiger partial charge in [0.15, 0.2) is 0 Å². The number of ether oxygens (including phenoxy) is 1. The van der Waals surface area contributed by atoms with E-state index in [1.807, 2.05) is 32.0 Å². The fourth-order valence-corrected chi connectivity index (χ4v) is 1.71. The van der Waals surface area contributed by atoms with Crippen LogP contribution in [0.25, 0.3) is 0 Å². The lowest BCUT2D eigenvalue weighted by atomic mass is 10.2. The molecular formula is C14H16ClN3O. The second-order valence-corrected chi connectivity index (χ2v) is 4.54. The minimum absolute atomic E-state index is 0.517. The molecule has 0 fully saturated rings. The average Bonchev–Trinajstić information content (AvgIpc) is 2.42. The highest BCUT2D eigenvalue weighted by Crippen LogP contribution is 2.23. The topological polar surface area (TPSA) is 47.0 Å². The molecule has 0 amide bonds. The van der Waals surface area contributed by atoms with Crippen LogP contribution in [0.2, 0.25) is 5.02 Å². The summed E-state index contributed by atoms with van der Waals surface area (Å²) >= 11 is 6.09. The van der Waals surface area contributed by atoms with Crippen LogP contribution in [0.15, 0.2) is 30.6 Å². The smallest absolute Gasteiger partial charge is 0.219 e. The van der Waals surface area contributed by atoms with Crippen LogP contribution in [0.4, 0.5) is 0 Å². The normalized spacial score (nSPS) is 10.5. The highest BCUT2D eigenvalue weighted by molar-refractivity contribution is 6.31. The summed E-state index contributed by atoms with van der Waals surface area (Å²) in [6, 6.07) is 5.60. The minimum Gasteiger partial charge on any atom is -0.437 e. The summed E-state index contributed by atoms with van der Waals surface area (Å²) in [5.74, 6) is 1.18. The lowest BCUT2D eigenvalue weighted by Gasteiger charge is -2.08. The molecule has 0 spiro atoms. The fourth-order valence-electron chi connectivity index (χ4n) is 1.54. The van der Waals surface area contributed by atoms with E-state index in [1.54, 1.807) is 12.4 Å². The molecular weight excluding hydrogens is 262 g/mol. The third kappa shape index (κ3) is 3.91. The molecule has 0 atom stereocenters. The van der Waals surface area contributed by atoms with Crippen LogP contribution < -0.4 is 10.1 Å². The van der Waals surface area contributed by atoms with Gasteiger partial charge in [0.25, 0.3) is 0 Å². The molecule has 2 rings (SSSR count). The molecule has 100 valence electrons. The van der Waals surface area contributed by atoms with Crippen molar-refractivity contribution in [3.05, 3.63) is 46.9 Å². The molecule has 2 aromatic heterocycles. The maximum absolute atomic E-state index is 6.09. The Morgan fingerprint density at radius 3 is 2.79 bits per heavy atom. The van der Waals surface area contributed by atoms with Crippen LogP contribution >= 0.6 is 11.6 Å². The van der Waals surface area contributed by atoms with Gasteiger partial charge in [0.1, 0.15) is 5.75 Å². The first-order valence-electron chi connectivity index (χ1n) is 6.14. The predicted molar refractivity (Wildman–Crippen MR) is 75.7 cm³/mol. The van der Waals surface area contributed by atoms with E-state index < -0.39 is 0 Å². The quantitative estimate of drug-likeness (QED) is 0.910. The van der Waals surface area contributed by atoms with E-state index >= 15 is 0 Å². The molecule has 4 nitrogen and oxygen atoms in total. The first kappa shape index (κ1) is 13.8. The lowest BCUT2D eigenvalue weighted by molar-refractivity contribution is 0.459. The van der Waals surface area contributed by atoms with Crippen molar-refractivity contribution in [2.75, 3.05) is 6.54 Å². The van der Waals surface area contributed by atoms with Gasteiger partial charge in [-0.1, -0.05) is 18.5 Å². The van der Waals surface area contributed by atoms with Crippen molar-refractivity contribution in [1.29, 1.82) is 0 Å². The van der Waals surface area contributed by atoms with Crippen LogP contribution in [0, 0.1) is 6.92 Å². The highest BCUT2D eigenvalue weighted by Gasteiger charge is 2.05. The number of halogens is 1. The Labute approximate surface area is 117 Å². The SMILES string of the molecule is CCNCc1cc(Oc2ccc(C)nc2)ncc1Cl.